The fraction of sp³-hybridized carbons (Fsp3) is 0.0857. The van der Waals surface area contributed by atoms with E-state index in [9.17, 15) is 25.3 Å². The molecule has 47 heavy (non-hydrogen) atoms. The van der Waals surface area contributed by atoms with Gasteiger partial charge in [-0.1, -0.05) is 103 Å². The highest BCUT2D eigenvalue weighted by molar-refractivity contribution is 8.04. The summed E-state index contributed by atoms with van der Waals surface area (Å²) in [5, 5.41) is 0. The van der Waals surface area contributed by atoms with E-state index in [0.717, 1.165) is 9.87 Å². The molecule has 0 radical (unpaired) electrons. The van der Waals surface area contributed by atoms with Crippen LogP contribution >= 0.6 is 0 Å². The van der Waals surface area contributed by atoms with Crippen LogP contribution in [-0.4, -0.2) is 40.4 Å². The lowest BCUT2D eigenvalue weighted by atomic mass is 10.2. The molecule has 0 saturated heterocycles. The van der Waals surface area contributed by atoms with Gasteiger partial charge in [0.2, 0.25) is 0 Å². The average Bonchev–Trinajstić information content (AvgIpc) is 3.08. The summed E-state index contributed by atoms with van der Waals surface area (Å²) in [6.07, 6.45) is 1.20. The van der Waals surface area contributed by atoms with E-state index in [1.165, 1.54) is 73.8 Å². The molecule has 0 amide bonds. The van der Waals surface area contributed by atoms with E-state index in [4.69, 9.17) is 4.74 Å². The van der Waals surface area contributed by atoms with Crippen LogP contribution in [-0.2, 0) is 36.6 Å². The molecule has 5 aromatic carbocycles. The molecule has 0 heterocycles. The van der Waals surface area contributed by atoms with Crippen molar-refractivity contribution < 1.29 is 30.0 Å². The van der Waals surface area contributed by atoms with E-state index in [2.05, 4.69) is 0 Å². The number of hydrogen-bond donors (Lipinski definition) is 0. The summed E-state index contributed by atoms with van der Waals surface area (Å²) in [5.74, 6) is -0.404. The molecular weight excluding hydrogens is 657 g/mol. The summed E-state index contributed by atoms with van der Waals surface area (Å²) in [5.41, 5.74) is 1.50. The summed E-state index contributed by atoms with van der Waals surface area (Å²) in [7, 11) is -13.2. The van der Waals surface area contributed by atoms with E-state index in [-0.39, 0.29) is 29.7 Å². The Kier molecular flexibility index (Phi) is 9.85. The molecule has 0 aromatic heterocycles. The quantitative estimate of drug-likeness (QED) is 0.152. The van der Waals surface area contributed by atoms with Crippen LogP contribution in [0, 0.1) is 6.92 Å². The molecular formula is C35H32N2O7S3. The Hall–Kier alpha value is -4.91. The zero-order valence-electron chi connectivity index (χ0n) is 25.5. The smallest absolute Gasteiger partial charge is 0.278 e. The summed E-state index contributed by atoms with van der Waals surface area (Å²) in [6, 6.07) is 35.0. The maximum atomic E-state index is 14.7. The molecule has 9 nitrogen and oxygen atoms in total. The maximum Gasteiger partial charge on any atom is 0.278 e. The highest BCUT2D eigenvalue weighted by Gasteiger charge is 2.43. The number of sulfonamides is 3. The van der Waals surface area contributed by atoms with Crippen molar-refractivity contribution in [3.63, 3.8) is 0 Å². The monoisotopic (exact) mass is 688 g/mol. The zero-order chi connectivity index (χ0) is 33.7. The van der Waals surface area contributed by atoms with Gasteiger partial charge >= 0.3 is 0 Å². The van der Waals surface area contributed by atoms with Gasteiger partial charge in [0.25, 0.3) is 30.1 Å². The van der Waals surface area contributed by atoms with Gasteiger partial charge in [0.1, 0.15) is 11.6 Å². The Labute approximate surface area is 276 Å². The molecule has 0 spiro atoms. The van der Waals surface area contributed by atoms with Crippen LogP contribution in [0.3, 0.4) is 0 Å². The number of ether oxygens (including phenoxy) is 1. The first kappa shape index (κ1) is 33.5. The van der Waals surface area contributed by atoms with Gasteiger partial charge in [0, 0.05) is 5.56 Å². The summed E-state index contributed by atoms with van der Waals surface area (Å²) >= 11 is 0. The summed E-state index contributed by atoms with van der Waals surface area (Å²) in [4.78, 5) is -0.894. The van der Waals surface area contributed by atoms with E-state index in [1.807, 2.05) is 0 Å². The van der Waals surface area contributed by atoms with Crippen LogP contribution in [0.5, 0.6) is 5.75 Å². The van der Waals surface area contributed by atoms with Crippen molar-refractivity contribution in [2.75, 3.05) is 7.11 Å². The second kappa shape index (κ2) is 13.8. The van der Waals surface area contributed by atoms with Crippen LogP contribution in [0.25, 0.3) is 6.08 Å². The lowest BCUT2D eigenvalue weighted by Gasteiger charge is -2.34. The minimum atomic E-state index is -5.00. The number of methoxy groups -OCH3 is 1. The summed E-state index contributed by atoms with van der Waals surface area (Å²) in [6.45, 7) is 1.38. The van der Waals surface area contributed by atoms with Crippen molar-refractivity contribution in [3.05, 3.63) is 162 Å². The van der Waals surface area contributed by atoms with Gasteiger partial charge in [-0.05, 0) is 61.0 Å². The first-order valence-electron chi connectivity index (χ1n) is 14.3. The zero-order valence-corrected chi connectivity index (χ0v) is 28.0. The second-order valence-corrected chi connectivity index (χ2v) is 16.1. The van der Waals surface area contributed by atoms with Gasteiger partial charge in [0.15, 0.2) is 0 Å². The van der Waals surface area contributed by atoms with Crippen LogP contribution in [0.2, 0.25) is 0 Å². The maximum absolute atomic E-state index is 14.7. The van der Waals surface area contributed by atoms with E-state index >= 15 is 0 Å². The van der Waals surface area contributed by atoms with Crippen LogP contribution in [0.15, 0.2) is 160 Å². The minimum absolute atomic E-state index is 0.167. The topological polar surface area (TPSA) is 118 Å². The lowest BCUT2D eigenvalue weighted by Crippen LogP contribution is -2.44. The number of aryl methyl sites for hydroxylation is 1. The van der Waals surface area contributed by atoms with E-state index < -0.39 is 42.4 Å². The lowest BCUT2D eigenvalue weighted by molar-refractivity contribution is 0.410. The third-order valence-electron chi connectivity index (χ3n) is 7.16. The summed E-state index contributed by atoms with van der Waals surface area (Å²) < 4.78 is 94.6. The number of rotatable bonds is 12. The largest absolute Gasteiger partial charge is 0.496 e. The molecule has 0 fully saturated rings. The number of hydrogen-bond acceptors (Lipinski definition) is 7. The van der Waals surface area contributed by atoms with Crippen LogP contribution in [0.1, 0.15) is 16.7 Å². The Morgan fingerprint density at radius 3 is 1.53 bits per heavy atom. The van der Waals surface area contributed by atoms with Crippen LogP contribution in [0.4, 0.5) is 0 Å². The van der Waals surface area contributed by atoms with Crippen molar-refractivity contribution in [2.24, 2.45) is 0 Å². The Morgan fingerprint density at radius 1 is 0.574 bits per heavy atom. The Morgan fingerprint density at radius 2 is 1.02 bits per heavy atom. The first-order chi connectivity index (χ1) is 22.5. The van der Waals surface area contributed by atoms with Crippen LogP contribution < -0.4 is 4.74 Å². The van der Waals surface area contributed by atoms with Crippen molar-refractivity contribution in [1.82, 2.24) is 8.02 Å². The third kappa shape index (κ3) is 7.09. The fourth-order valence-electron chi connectivity index (χ4n) is 4.77. The molecule has 0 bridgehead atoms. The molecule has 0 aliphatic carbocycles. The number of para-hydroxylation sites is 1. The Bertz CT molecular complexity index is 2120. The average molecular weight is 689 g/mol. The minimum Gasteiger partial charge on any atom is -0.496 e. The molecule has 242 valence electrons. The van der Waals surface area contributed by atoms with Gasteiger partial charge in [-0.3, -0.25) is 0 Å². The molecule has 0 unspecified atom stereocenters. The normalized spacial score (nSPS) is 12.3. The number of benzene rings is 5. The molecule has 5 rings (SSSR count). The van der Waals surface area contributed by atoms with Gasteiger partial charge in [-0.2, -0.15) is 16.8 Å². The van der Waals surface area contributed by atoms with Crippen molar-refractivity contribution in [3.8, 4) is 5.75 Å². The molecule has 0 saturated carbocycles. The molecule has 0 aliphatic heterocycles. The predicted molar refractivity (Wildman–Crippen MR) is 180 cm³/mol. The SMILES string of the molecule is COc1ccccc1/C=C(\N(Cc1ccccc1)S(=O)(=O)c1ccc(C)cc1)N(S(=O)(=O)c1ccccc1)S(=O)(=O)c1ccccc1. The predicted octanol–water partition coefficient (Wildman–Crippen LogP) is 6.27. The van der Waals surface area contributed by atoms with E-state index in [0.29, 0.717) is 5.56 Å². The number of nitrogens with zero attached hydrogens (tertiary/aromatic N) is 2. The third-order valence-corrected chi connectivity index (χ3v) is 13.1. The van der Waals surface area contributed by atoms with Gasteiger partial charge in [0.05, 0.1) is 28.3 Å². The van der Waals surface area contributed by atoms with Crippen molar-refractivity contribution >= 4 is 36.1 Å². The molecule has 0 atom stereocenters. The highest BCUT2D eigenvalue weighted by atomic mass is 32.3. The van der Waals surface area contributed by atoms with E-state index in [1.54, 1.807) is 85.8 Å². The fourth-order valence-corrected chi connectivity index (χ4v) is 10.0. The Balaban J connectivity index is 1.92. The second-order valence-electron chi connectivity index (χ2n) is 10.4. The van der Waals surface area contributed by atoms with Crippen molar-refractivity contribution in [1.29, 1.82) is 0 Å². The molecule has 12 heteroatoms. The van der Waals surface area contributed by atoms with Gasteiger partial charge in [-0.25, -0.2) is 12.7 Å². The molecule has 0 aliphatic rings. The first-order valence-corrected chi connectivity index (χ1v) is 18.7. The molecule has 0 N–H and O–H groups in total. The van der Waals surface area contributed by atoms with Crippen molar-refractivity contribution in [2.45, 2.75) is 28.2 Å². The highest BCUT2D eigenvalue weighted by Crippen LogP contribution is 2.36. The van der Waals surface area contributed by atoms with Gasteiger partial charge in [-0.15, -0.1) is 3.71 Å². The van der Waals surface area contributed by atoms with Gasteiger partial charge < -0.3 is 4.74 Å². The standard InChI is InChI=1S/C35H32N2O7S3/c1-28-22-24-33(25-23-28)45(38,39)36(27-29-14-6-3-7-15-29)35(26-30-16-12-13-21-34(30)44-2)37(46(40,41)31-17-8-4-9-18-31)47(42,43)32-19-10-5-11-20-32/h3-26H,27H2,1-2H3/b35-26+. The molecule has 5 aromatic rings.